The lowest BCUT2D eigenvalue weighted by atomic mass is 9.95. The number of nitrogens with one attached hydrogen (secondary N) is 1. The largest absolute Gasteiger partial charge is 0.353 e. The smallest absolute Gasteiger partial charge is 0.253 e. The predicted molar refractivity (Wildman–Crippen MR) is 123 cm³/mol. The highest BCUT2D eigenvalue weighted by atomic mass is 16.2. The second kappa shape index (κ2) is 10.1. The highest BCUT2D eigenvalue weighted by molar-refractivity contribution is 5.94. The SMILES string of the molecule is Cc1ccc(C(=O)N2CCCC(C(=O)NC3CCN(Cc4ccccc4)CC3)C2)cc1. The van der Waals surface area contributed by atoms with Gasteiger partial charge >= 0.3 is 0 Å². The maximum atomic E-state index is 12.9. The molecule has 2 aliphatic heterocycles. The van der Waals surface area contributed by atoms with Gasteiger partial charge in [-0.05, 0) is 50.3 Å². The number of carbonyl (C=O) groups is 2. The van der Waals surface area contributed by atoms with Crippen molar-refractivity contribution in [3.8, 4) is 0 Å². The van der Waals surface area contributed by atoms with Gasteiger partial charge in [-0.15, -0.1) is 0 Å². The van der Waals surface area contributed by atoms with E-state index in [4.69, 9.17) is 0 Å². The van der Waals surface area contributed by atoms with Crippen LogP contribution < -0.4 is 5.32 Å². The van der Waals surface area contributed by atoms with Crippen molar-refractivity contribution in [2.45, 2.75) is 45.2 Å². The Bertz CT molecular complexity index is 873. The van der Waals surface area contributed by atoms with Crippen molar-refractivity contribution in [1.82, 2.24) is 15.1 Å². The Labute approximate surface area is 185 Å². The zero-order valence-electron chi connectivity index (χ0n) is 18.4. The van der Waals surface area contributed by atoms with Crippen LogP contribution in [0.5, 0.6) is 0 Å². The monoisotopic (exact) mass is 419 g/mol. The van der Waals surface area contributed by atoms with E-state index in [0.29, 0.717) is 12.1 Å². The van der Waals surface area contributed by atoms with Crippen LogP contribution in [0.1, 0.15) is 47.2 Å². The van der Waals surface area contributed by atoms with E-state index >= 15 is 0 Å². The maximum Gasteiger partial charge on any atom is 0.253 e. The van der Waals surface area contributed by atoms with Crippen molar-refractivity contribution >= 4 is 11.8 Å². The van der Waals surface area contributed by atoms with Gasteiger partial charge in [-0.3, -0.25) is 14.5 Å². The Balaban J connectivity index is 1.25. The van der Waals surface area contributed by atoms with Gasteiger partial charge in [0.1, 0.15) is 0 Å². The van der Waals surface area contributed by atoms with E-state index < -0.39 is 0 Å². The summed E-state index contributed by atoms with van der Waals surface area (Å²) >= 11 is 0. The zero-order valence-corrected chi connectivity index (χ0v) is 18.4. The lowest BCUT2D eigenvalue weighted by molar-refractivity contribution is -0.127. The first-order valence-corrected chi connectivity index (χ1v) is 11.5. The fraction of sp³-hybridized carbons (Fsp3) is 0.462. The molecule has 0 aliphatic carbocycles. The number of amides is 2. The Kier molecular flexibility index (Phi) is 7.03. The normalized spacial score (nSPS) is 20.4. The molecule has 0 aromatic heterocycles. The number of aryl methyl sites for hydroxylation is 1. The molecule has 2 aromatic rings. The molecule has 2 aliphatic rings. The molecule has 2 saturated heterocycles. The van der Waals surface area contributed by atoms with E-state index in [9.17, 15) is 9.59 Å². The van der Waals surface area contributed by atoms with Crippen LogP contribution in [-0.2, 0) is 11.3 Å². The molecule has 0 bridgehead atoms. The molecule has 5 heteroatoms. The first kappa shape index (κ1) is 21.6. The average molecular weight is 420 g/mol. The third-order valence-electron chi connectivity index (χ3n) is 6.56. The number of likely N-dealkylation sites (tertiary alicyclic amines) is 2. The van der Waals surface area contributed by atoms with Gasteiger partial charge < -0.3 is 10.2 Å². The van der Waals surface area contributed by atoms with Crippen molar-refractivity contribution in [3.63, 3.8) is 0 Å². The lowest BCUT2D eigenvalue weighted by Crippen LogP contribution is -2.50. The molecule has 1 atom stereocenters. The van der Waals surface area contributed by atoms with Gasteiger partial charge in [0.25, 0.3) is 5.91 Å². The molecule has 2 amide bonds. The summed E-state index contributed by atoms with van der Waals surface area (Å²) < 4.78 is 0. The summed E-state index contributed by atoms with van der Waals surface area (Å²) in [7, 11) is 0. The van der Waals surface area contributed by atoms with E-state index in [1.54, 1.807) is 0 Å². The van der Waals surface area contributed by atoms with Crippen LogP contribution in [0.15, 0.2) is 54.6 Å². The number of hydrogen-bond acceptors (Lipinski definition) is 3. The molecule has 164 valence electrons. The molecule has 31 heavy (non-hydrogen) atoms. The first-order chi connectivity index (χ1) is 15.1. The van der Waals surface area contributed by atoms with Gasteiger partial charge in [0, 0.05) is 44.3 Å². The fourth-order valence-electron chi connectivity index (χ4n) is 4.65. The first-order valence-electron chi connectivity index (χ1n) is 11.5. The number of hydrogen-bond donors (Lipinski definition) is 1. The van der Waals surface area contributed by atoms with Gasteiger partial charge in [-0.25, -0.2) is 0 Å². The quantitative estimate of drug-likeness (QED) is 0.805. The standard InChI is InChI=1S/C26H33N3O2/c1-20-9-11-22(12-10-20)26(31)29-15-5-8-23(19-29)25(30)27-24-13-16-28(17-14-24)18-21-6-3-2-4-7-21/h2-4,6-7,9-12,23-24H,5,8,13-19H2,1H3,(H,27,30). The van der Waals surface area contributed by atoms with Gasteiger partial charge in [0.15, 0.2) is 0 Å². The molecule has 1 N–H and O–H groups in total. The number of benzene rings is 2. The Morgan fingerprint density at radius 3 is 2.35 bits per heavy atom. The zero-order chi connectivity index (χ0) is 21.6. The van der Waals surface area contributed by atoms with Crippen molar-refractivity contribution in [2.75, 3.05) is 26.2 Å². The summed E-state index contributed by atoms with van der Waals surface area (Å²) in [6.07, 6.45) is 3.70. The topological polar surface area (TPSA) is 52.7 Å². The highest BCUT2D eigenvalue weighted by Crippen LogP contribution is 2.21. The molecule has 4 rings (SSSR count). The summed E-state index contributed by atoms with van der Waals surface area (Å²) in [6.45, 7) is 6.24. The van der Waals surface area contributed by atoms with Crippen LogP contribution in [0.3, 0.4) is 0 Å². The highest BCUT2D eigenvalue weighted by Gasteiger charge is 2.30. The summed E-state index contributed by atoms with van der Waals surface area (Å²) in [5.74, 6) is 0.0418. The van der Waals surface area contributed by atoms with Crippen LogP contribution >= 0.6 is 0 Å². The van der Waals surface area contributed by atoms with Gasteiger partial charge in [-0.1, -0.05) is 48.0 Å². The minimum atomic E-state index is -0.106. The molecule has 2 fully saturated rings. The van der Waals surface area contributed by atoms with Crippen molar-refractivity contribution in [1.29, 1.82) is 0 Å². The van der Waals surface area contributed by atoms with Crippen LogP contribution in [0, 0.1) is 12.8 Å². The summed E-state index contributed by atoms with van der Waals surface area (Å²) in [5, 5.41) is 3.28. The van der Waals surface area contributed by atoms with Crippen LogP contribution in [-0.4, -0.2) is 53.8 Å². The van der Waals surface area contributed by atoms with E-state index in [1.165, 1.54) is 5.56 Å². The molecule has 2 heterocycles. The molecular formula is C26H33N3O2. The lowest BCUT2D eigenvalue weighted by Gasteiger charge is -2.35. The van der Waals surface area contributed by atoms with E-state index in [2.05, 4.69) is 34.5 Å². The van der Waals surface area contributed by atoms with Crippen LogP contribution in [0.25, 0.3) is 0 Å². The molecular weight excluding hydrogens is 386 g/mol. The van der Waals surface area contributed by atoms with Crippen molar-refractivity contribution < 1.29 is 9.59 Å². The summed E-state index contributed by atoms with van der Waals surface area (Å²) in [6, 6.07) is 18.5. The predicted octanol–water partition coefficient (Wildman–Crippen LogP) is 3.63. The van der Waals surface area contributed by atoms with Gasteiger partial charge in [-0.2, -0.15) is 0 Å². The maximum absolute atomic E-state index is 12.9. The van der Waals surface area contributed by atoms with E-state index in [0.717, 1.165) is 57.4 Å². The van der Waals surface area contributed by atoms with E-state index in [-0.39, 0.29) is 23.8 Å². The van der Waals surface area contributed by atoms with Crippen molar-refractivity contribution in [2.24, 2.45) is 5.92 Å². The summed E-state index contributed by atoms with van der Waals surface area (Å²) in [5.41, 5.74) is 3.19. The number of carbonyl (C=O) groups excluding carboxylic acids is 2. The summed E-state index contributed by atoms with van der Waals surface area (Å²) in [4.78, 5) is 30.1. The number of nitrogens with zero attached hydrogens (tertiary/aromatic N) is 2. The number of rotatable bonds is 5. The second-order valence-electron chi connectivity index (χ2n) is 9.00. The van der Waals surface area contributed by atoms with E-state index in [1.807, 2.05) is 42.2 Å². The van der Waals surface area contributed by atoms with Gasteiger partial charge in [0.05, 0.1) is 5.92 Å². The van der Waals surface area contributed by atoms with Gasteiger partial charge in [0.2, 0.25) is 5.91 Å². The molecule has 0 radical (unpaired) electrons. The van der Waals surface area contributed by atoms with Crippen molar-refractivity contribution in [3.05, 3.63) is 71.3 Å². The third-order valence-corrected chi connectivity index (χ3v) is 6.56. The minimum Gasteiger partial charge on any atom is -0.353 e. The Morgan fingerprint density at radius 1 is 0.935 bits per heavy atom. The van der Waals surface area contributed by atoms with Crippen LogP contribution in [0.2, 0.25) is 0 Å². The third kappa shape index (κ3) is 5.73. The Morgan fingerprint density at radius 2 is 1.65 bits per heavy atom. The average Bonchev–Trinajstić information content (AvgIpc) is 2.81. The second-order valence-corrected chi connectivity index (χ2v) is 9.00. The molecule has 0 saturated carbocycles. The Hall–Kier alpha value is -2.66. The molecule has 2 aromatic carbocycles. The molecule has 5 nitrogen and oxygen atoms in total. The molecule has 0 spiro atoms. The minimum absolute atomic E-state index is 0.0340. The number of piperidine rings is 2. The molecule has 1 unspecified atom stereocenters. The fourth-order valence-corrected chi connectivity index (χ4v) is 4.65. The van der Waals surface area contributed by atoms with Crippen LogP contribution in [0.4, 0.5) is 0 Å².